The minimum Gasteiger partial charge on any atom is -0.439 e. The molecule has 1 unspecified atom stereocenters. The van der Waals surface area contributed by atoms with Crippen LogP contribution < -0.4 is 5.32 Å². The Labute approximate surface area is 125 Å². The van der Waals surface area contributed by atoms with Crippen LogP contribution in [-0.2, 0) is 9.84 Å². The molecule has 0 aliphatic heterocycles. The van der Waals surface area contributed by atoms with E-state index in [1.165, 1.54) is 6.26 Å². The zero-order valence-electron chi connectivity index (χ0n) is 12.5. The van der Waals surface area contributed by atoms with Crippen LogP contribution in [0.4, 0.5) is 0 Å². The molecule has 1 N–H and O–H groups in total. The number of aromatic nitrogens is 1. The van der Waals surface area contributed by atoms with Crippen molar-refractivity contribution in [2.75, 3.05) is 12.8 Å². The molecule has 0 bridgehead atoms. The van der Waals surface area contributed by atoms with Crippen LogP contribution >= 0.6 is 0 Å². The number of hydrogen-bond donors (Lipinski definition) is 1. The van der Waals surface area contributed by atoms with E-state index < -0.39 is 9.84 Å². The molecule has 5 nitrogen and oxygen atoms in total. The summed E-state index contributed by atoms with van der Waals surface area (Å²) in [4.78, 5) is 4.53. The van der Waals surface area contributed by atoms with Gasteiger partial charge >= 0.3 is 0 Å². The fraction of sp³-hybridized carbons (Fsp3) is 0.400. The summed E-state index contributed by atoms with van der Waals surface area (Å²) in [6, 6.07) is 6.71. The highest BCUT2D eigenvalue weighted by atomic mass is 32.2. The van der Waals surface area contributed by atoms with Crippen LogP contribution in [0.2, 0.25) is 0 Å². The van der Waals surface area contributed by atoms with Crippen molar-refractivity contribution in [3.05, 3.63) is 36.4 Å². The highest BCUT2D eigenvalue weighted by Gasteiger charge is 2.14. The van der Waals surface area contributed by atoms with Crippen LogP contribution in [0.1, 0.15) is 32.2 Å². The summed E-state index contributed by atoms with van der Waals surface area (Å²) < 4.78 is 28.9. The lowest BCUT2D eigenvalue weighted by atomic mass is 10.2. The predicted octanol–water partition coefficient (Wildman–Crippen LogP) is 2.81. The van der Waals surface area contributed by atoms with Gasteiger partial charge in [-0.15, -0.1) is 0 Å². The Morgan fingerprint density at radius 3 is 2.81 bits per heavy atom. The van der Waals surface area contributed by atoms with Gasteiger partial charge in [-0.05, 0) is 32.0 Å². The highest BCUT2D eigenvalue weighted by molar-refractivity contribution is 7.90. The largest absolute Gasteiger partial charge is 0.439 e. The van der Waals surface area contributed by atoms with Crippen molar-refractivity contribution in [2.45, 2.75) is 31.2 Å². The summed E-state index contributed by atoms with van der Waals surface area (Å²) in [7, 11) is -3.23. The zero-order valence-corrected chi connectivity index (χ0v) is 13.3. The molecule has 1 atom stereocenters. The first-order valence-corrected chi connectivity index (χ1v) is 8.80. The van der Waals surface area contributed by atoms with Gasteiger partial charge in [-0.3, -0.25) is 0 Å². The van der Waals surface area contributed by atoms with Gasteiger partial charge in [0.25, 0.3) is 0 Å². The summed E-state index contributed by atoms with van der Waals surface area (Å²) >= 11 is 0. The standard InChI is InChI=1S/C15H20N2O3S/c1-4-8-16-11(2)15-17-10-14(20-15)12-6-5-7-13(9-12)21(3,18)19/h5-7,9-11,16H,4,8H2,1-3H3. The normalized spacial score (nSPS) is 13.3. The molecule has 0 aliphatic rings. The maximum absolute atomic E-state index is 11.6. The molecule has 6 heteroatoms. The number of benzene rings is 1. The van der Waals surface area contributed by atoms with Gasteiger partial charge in [0.05, 0.1) is 17.1 Å². The van der Waals surface area contributed by atoms with Gasteiger partial charge in [-0.25, -0.2) is 13.4 Å². The Morgan fingerprint density at radius 2 is 2.14 bits per heavy atom. The molecule has 21 heavy (non-hydrogen) atoms. The van der Waals surface area contributed by atoms with Gasteiger partial charge in [0.1, 0.15) is 0 Å². The SMILES string of the molecule is CCCNC(C)c1ncc(-c2cccc(S(C)(=O)=O)c2)o1. The lowest BCUT2D eigenvalue weighted by molar-refractivity contribution is 0.423. The number of nitrogens with zero attached hydrogens (tertiary/aromatic N) is 1. The molecule has 0 spiro atoms. The highest BCUT2D eigenvalue weighted by Crippen LogP contribution is 2.25. The molecule has 0 amide bonds. The van der Waals surface area contributed by atoms with Crippen molar-refractivity contribution < 1.29 is 12.8 Å². The van der Waals surface area contributed by atoms with Crippen molar-refractivity contribution in [1.29, 1.82) is 0 Å². The lowest BCUT2D eigenvalue weighted by Gasteiger charge is -2.08. The molecule has 0 fully saturated rings. The van der Waals surface area contributed by atoms with E-state index in [1.807, 2.05) is 13.0 Å². The molecule has 0 saturated carbocycles. The van der Waals surface area contributed by atoms with Crippen molar-refractivity contribution >= 4 is 9.84 Å². The van der Waals surface area contributed by atoms with E-state index in [0.29, 0.717) is 17.2 Å². The molecule has 0 radical (unpaired) electrons. The van der Waals surface area contributed by atoms with E-state index in [1.54, 1.807) is 24.4 Å². The van der Waals surface area contributed by atoms with Crippen LogP contribution in [0.5, 0.6) is 0 Å². The second-order valence-electron chi connectivity index (χ2n) is 5.04. The second kappa shape index (κ2) is 6.41. The molecular weight excluding hydrogens is 288 g/mol. The molecule has 1 heterocycles. The van der Waals surface area contributed by atoms with Crippen LogP contribution in [-0.4, -0.2) is 26.2 Å². The van der Waals surface area contributed by atoms with Gasteiger partial charge in [-0.1, -0.05) is 19.1 Å². The van der Waals surface area contributed by atoms with E-state index in [2.05, 4.69) is 17.2 Å². The van der Waals surface area contributed by atoms with Crippen LogP contribution in [0.15, 0.2) is 39.8 Å². The Hall–Kier alpha value is -1.66. The van der Waals surface area contributed by atoms with Crippen molar-refractivity contribution in [3.8, 4) is 11.3 Å². The Balaban J connectivity index is 2.26. The van der Waals surface area contributed by atoms with Gasteiger partial charge in [-0.2, -0.15) is 0 Å². The first-order valence-electron chi connectivity index (χ1n) is 6.91. The van der Waals surface area contributed by atoms with Gasteiger partial charge < -0.3 is 9.73 Å². The topological polar surface area (TPSA) is 72.2 Å². The van der Waals surface area contributed by atoms with Crippen molar-refractivity contribution in [1.82, 2.24) is 10.3 Å². The maximum atomic E-state index is 11.6. The monoisotopic (exact) mass is 308 g/mol. The number of hydrogen-bond acceptors (Lipinski definition) is 5. The fourth-order valence-corrected chi connectivity index (χ4v) is 2.62. The minimum absolute atomic E-state index is 0.0248. The Kier molecular flexibility index (Phi) is 4.80. The second-order valence-corrected chi connectivity index (χ2v) is 7.05. The average molecular weight is 308 g/mol. The molecule has 0 saturated heterocycles. The third-order valence-corrected chi connectivity index (χ3v) is 4.25. The lowest BCUT2D eigenvalue weighted by Crippen LogP contribution is -2.19. The van der Waals surface area contributed by atoms with Gasteiger partial charge in [0.2, 0.25) is 5.89 Å². The molecule has 1 aromatic carbocycles. The number of oxazole rings is 1. The van der Waals surface area contributed by atoms with E-state index in [9.17, 15) is 8.42 Å². The molecule has 1 aromatic heterocycles. The minimum atomic E-state index is -3.23. The molecular formula is C15H20N2O3S. The molecule has 114 valence electrons. The van der Waals surface area contributed by atoms with Crippen molar-refractivity contribution in [3.63, 3.8) is 0 Å². The van der Waals surface area contributed by atoms with Gasteiger partial charge in [0.15, 0.2) is 15.6 Å². The first kappa shape index (κ1) is 15.7. The predicted molar refractivity (Wildman–Crippen MR) is 81.8 cm³/mol. The Bertz CT molecular complexity index is 707. The van der Waals surface area contributed by atoms with E-state index >= 15 is 0 Å². The number of rotatable bonds is 6. The Morgan fingerprint density at radius 1 is 1.38 bits per heavy atom. The molecule has 2 rings (SSSR count). The number of sulfone groups is 1. The quantitative estimate of drug-likeness (QED) is 0.888. The third kappa shape index (κ3) is 3.92. The summed E-state index contributed by atoms with van der Waals surface area (Å²) in [5.74, 6) is 1.17. The maximum Gasteiger partial charge on any atom is 0.211 e. The summed E-state index contributed by atoms with van der Waals surface area (Å²) in [5, 5.41) is 3.30. The van der Waals surface area contributed by atoms with E-state index in [4.69, 9.17) is 4.42 Å². The molecule has 2 aromatic rings. The van der Waals surface area contributed by atoms with Crippen LogP contribution in [0.3, 0.4) is 0 Å². The van der Waals surface area contributed by atoms with Gasteiger partial charge in [0, 0.05) is 11.8 Å². The summed E-state index contributed by atoms with van der Waals surface area (Å²) in [5.41, 5.74) is 0.708. The zero-order chi connectivity index (χ0) is 15.5. The fourth-order valence-electron chi connectivity index (χ4n) is 1.95. The van der Waals surface area contributed by atoms with E-state index in [0.717, 1.165) is 13.0 Å². The average Bonchev–Trinajstić information content (AvgIpc) is 2.94. The smallest absolute Gasteiger partial charge is 0.211 e. The third-order valence-electron chi connectivity index (χ3n) is 3.14. The van der Waals surface area contributed by atoms with E-state index in [-0.39, 0.29) is 10.9 Å². The first-order chi connectivity index (χ1) is 9.91. The van der Waals surface area contributed by atoms with Crippen LogP contribution in [0, 0.1) is 0 Å². The molecule has 0 aliphatic carbocycles. The summed E-state index contributed by atoms with van der Waals surface area (Å²) in [6.07, 6.45) is 3.85. The summed E-state index contributed by atoms with van der Waals surface area (Å²) in [6.45, 7) is 4.97. The number of nitrogens with one attached hydrogen (secondary N) is 1. The van der Waals surface area contributed by atoms with Crippen LogP contribution in [0.25, 0.3) is 11.3 Å². The van der Waals surface area contributed by atoms with Crippen molar-refractivity contribution in [2.24, 2.45) is 0 Å².